The van der Waals surface area contributed by atoms with Crippen LogP contribution in [0.25, 0.3) is 0 Å². The Morgan fingerprint density at radius 3 is 2.58 bits per heavy atom. The molecule has 14 nitrogen and oxygen atoms in total. The molecule has 5 atom stereocenters. The molecule has 1 saturated heterocycles. The number of nitrogens with zero attached hydrogens (tertiary/aromatic N) is 2. The minimum absolute atomic E-state index is 0.0189. The number of fused-ring (bicyclic) bond motifs is 3. The predicted octanol–water partition coefficient (Wildman–Crippen LogP) is 4.34. The SMILES string of the molecule is CCOC(=O)[C@@]12C[C@H]1C=CCCCCC[C@H](NC(=O)OC(C)(C)C)C(=O)N1C[C@H](OC(=O)N3Cc4ccc(OCCNC(C)C)cc4C3)C[C@H]1C(=O)N2. The predicted molar refractivity (Wildman–Crippen MR) is 196 cm³/mol. The lowest BCUT2D eigenvalue weighted by atomic mass is 10.0. The summed E-state index contributed by atoms with van der Waals surface area (Å²) in [6.45, 7) is 13.1. The number of rotatable bonds is 9. The van der Waals surface area contributed by atoms with Crippen LogP contribution in [0, 0.1) is 5.92 Å². The number of alkyl carbamates (subject to hydrolysis) is 1. The summed E-state index contributed by atoms with van der Waals surface area (Å²) >= 11 is 0. The molecule has 1 aliphatic carbocycles. The Kier molecular flexibility index (Phi) is 12.9. The summed E-state index contributed by atoms with van der Waals surface area (Å²) < 4.78 is 22.7. The molecule has 53 heavy (non-hydrogen) atoms. The molecule has 0 radical (unpaired) electrons. The van der Waals surface area contributed by atoms with Crippen molar-refractivity contribution >= 4 is 30.0 Å². The largest absolute Gasteiger partial charge is 0.492 e. The van der Waals surface area contributed by atoms with Gasteiger partial charge in [0.25, 0.3) is 0 Å². The van der Waals surface area contributed by atoms with Crippen LogP contribution in [0.4, 0.5) is 9.59 Å². The summed E-state index contributed by atoms with van der Waals surface area (Å²) in [6.07, 6.45) is 5.67. The number of allylic oxidation sites excluding steroid dienone is 1. The van der Waals surface area contributed by atoms with Gasteiger partial charge in [0.15, 0.2) is 0 Å². The van der Waals surface area contributed by atoms with Crippen molar-refractivity contribution in [3.8, 4) is 5.75 Å². The summed E-state index contributed by atoms with van der Waals surface area (Å²) in [5.41, 5.74) is -0.0862. The van der Waals surface area contributed by atoms with E-state index in [2.05, 4.69) is 29.8 Å². The summed E-state index contributed by atoms with van der Waals surface area (Å²) in [6, 6.07) is 4.09. The molecular weight excluding hydrogens is 682 g/mol. The van der Waals surface area contributed by atoms with Gasteiger partial charge in [-0.15, -0.1) is 0 Å². The molecular formula is C39H57N5O9. The lowest BCUT2D eigenvalue weighted by molar-refractivity contribution is -0.150. The van der Waals surface area contributed by atoms with Gasteiger partial charge in [0, 0.05) is 38.0 Å². The van der Waals surface area contributed by atoms with Crippen molar-refractivity contribution in [2.75, 3.05) is 26.3 Å². The van der Waals surface area contributed by atoms with Crippen LogP contribution in [0.3, 0.4) is 0 Å². The smallest absolute Gasteiger partial charge is 0.410 e. The number of carbonyl (C=O) groups excluding carboxylic acids is 5. The quantitative estimate of drug-likeness (QED) is 0.144. The van der Waals surface area contributed by atoms with Gasteiger partial charge in [-0.3, -0.25) is 14.5 Å². The Morgan fingerprint density at radius 1 is 1.08 bits per heavy atom. The molecule has 0 bridgehead atoms. The maximum Gasteiger partial charge on any atom is 0.410 e. The number of nitrogens with one attached hydrogen (secondary N) is 3. The first-order valence-corrected chi connectivity index (χ1v) is 19.1. The first-order valence-electron chi connectivity index (χ1n) is 19.1. The van der Waals surface area contributed by atoms with Crippen molar-refractivity contribution in [3.63, 3.8) is 0 Å². The molecule has 0 unspecified atom stereocenters. The number of benzene rings is 1. The van der Waals surface area contributed by atoms with E-state index >= 15 is 0 Å². The lowest BCUT2D eigenvalue weighted by Gasteiger charge is -2.30. The molecule has 3 aliphatic heterocycles. The maximum absolute atomic E-state index is 14.3. The zero-order valence-corrected chi connectivity index (χ0v) is 32.0. The van der Waals surface area contributed by atoms with E-state index in [9.17, 15) is 24.0 Å². The van der Waals surface area contributed by atoms with Crippen LogP contribution in [0.15, 0.2) is 30.4 Å². The Balaban J connectivity index is 1.32. The van der Waals surface area contributed by atoms with Crippen molar-refractivity contribution in [1.29, 1.82) is 0 Å². The fourth-order valence-electron chi connectivity index (χ4n) is 7.17. The first-order chi connectivity index (χ1) is 25.2. The van der Waals surface area contributed by atoms with Crippen molar-refractivity contribution in [1.82, 2.24) is 25.8 Å². The summed E-state index contributed by atoms with van der Waals surface area (Å²) in [4.78, 5) is 71.1. The number of ether oxygens (including phenoxy) is 4. The molecule has 1 aromatic carbocycles. The minimum Gasteiger partial charge on any atom is -0.492 e. The highest BCUT2D eigenvalue weighted by molar-refractivity contribution is 5.96. The van der Waals surface area contributed by atoms with Gasteiger partial charge in [-0.1, -0.05) is 44.9 Å². The Labute approximate surface area is 312 Å². The monoisotopic (exact) mass is 739 g/mol. The fraction of sp³-hybridized carbons (Fsp3) is 0.667. The standard InChI is InChI=1S/C39H57N5O9/c1-7-50-35(47)39-21-28(39)13-11-9-8-10-12-14-31(41-36(48)53-38(4,5)6)34(46)44-24-30(20-32(44)33(45)42-39)52-37(49)43-22-26-15-16-29(19-27(26)23-43)51-18-17-40-25(2)3/h11,13,15-16,19,25,28,30-32,40H,7-10,12,14,17-18,20-24H2,1-6H3,(H,41,48)(H,42,45)/t28-,30-,31+,32+,39-/m1/s1. The van der Waals surface area contributed by atoms with Gasteiger partial charge in [0.2, 0.25) is 11.8 Å². The first kappa shape index (κ1) is 39.9. The van der Waals surface area contributed by atoms with E-state index in [-0.39, 0.29) is 25.5 Å². The Morgan fingerprint density at radius 2 is 1.85 bits per heavy atom. The van der Waals surface area contributed by atoms with Gasteiger partial charge in [0.1, 0.15) is 41.7 Å². The van der Waals surface area contributed by atoms with Gasteiger partial charge in [-0.05, 0) is 76.6 Å². The average Bonchev–Trinajstić information content (AvgIpc) is 3.39. The van der Waals surface area contributed by atoms with Crippen LogP contribution in [0.5, 0.6) is 5.75 Å². The molecule has 4 amide bonds. The zero-order chi connectivity index (χ0) is 38.3. The average molecular weight is 740 g/mol. The van der Waals surface area contributed by atoms with E-state index in [1.54, 1.807) is 32.6 Å². The molecule has 5 rings (SSSR count). The minimum atomic E-state index is -1.24. The van der Waals surface area contributed by atoms with Gasteiger partial charge < -0.3 is 39.8 Å². The Bertz CT molecular complexity index is 1540. The number of amides is 4. The van der Waals surface area contributed by atoms with Gasteiger partial charge in [-0.25, -0.2) is 14.4 Å². The summed E-state index contributed by atoms with van der Waals surface area (Å²) in [5, 5.41) is 8.99. The molecule has 3 N–H and O–H groups in total. The number of esters is 1. The lowest BCUT2D eigenvalue weighted by Crippen LogP contribution is -2.56. The van der Waals surface area contributed by atoms with E-state index < -0.39 is 59.3 Å². The molecule has 3 heterocycles. The normalized spacial score (nSPS) is 26.0. The second kappa shape index (κ2) is 17.2. The molecule has 1 saturated carbocycles. The number of carbonyl (C=O) groups is 5. The third-order valence-electron chi connectivity index (χ3n) is 9.92. The molecule has 1 aromatic rings. The van der Waals surface area contributed by atoms with Crippen LogP contribution >= 0.6 is 0 Å². The van der Waals surface area contributed by atoms with Crippen molar-refractivity contribution < 1.29 is 42.9 Å². The Hall–Kier alpha value is -4.33. The van der Waals surface area contributed by atoms with Crippen molar-refractivity contribution in [2.24, 2.45) is 5.92 Å². The second-order valence-electron chi connectivity index (χ2n) is 15.7. The third kappa shape index (κ3) is 10.4. The van der Waals surface area contributed by atoms with Gasteiger partial charge >= 0.3 is 18.2 Å². The highest BCUT2D eigenvalue weighted by atomic mass is 16.6. The highest BCUT2D eigenvalue weighted by Crippen LogP contribution is 2.46. The zero-order valence-electron chi connectivity index (χ0n) is 32.0. The molecule has 0 aromatic heterocycles. The highest BCUT2D eigenvalue weighted by Gasteiger charge is 2.62. The van der Waals surface area contributed by atoms with E-state index in [1.807, 2.05) is 30.4 Å². The molecule has 4 aliphatic rings. The van der Waals surface area contributed by atoms with Gasteiger partial charge in [0.05, 0.1) is 13.2 Å². The third-order valence-corrected chi connectivity index (χ3v) is 9.92. The van der Waals surface area contributed by atoms with E-state index in [0.717, 1.165) is 36.1 Å². The molecule has 0 spiro atoms. The van der Waals surface area contributed by atoms with Crippen LogP contribution < -0.4 is 20.7 Å². The van der Waals surface area contributed by atoms with Crippen LogP contribution in [0.1, 0.15) is 97.6 Å². The number of hydrogen-bond donors (Lipinski definition) is 3. The second-order valence-corrected chi connectivity index (χ2v) is 15.7. The number of hydrogen-bond acceptors (Lipinski definition) is 10. The van der Waals surface area contributed by atoms with Gasteiger partial charge in [-0.2, -0.15) is 0 Å². The maximum atomic E-state index is 14.3. The molecule has 292 valence electrons. The van der Waals surface area contributed by atoms with E-state index in [1.165, 1.54) is 4.90 Å². The molecule has 14 heteroatoms. The van der Waals surface area contributed by atoms with Crippen molar-refractivity contribution in [3.05, 3.63) is 41.5 Å². The topological polar surface area (TPSA) is 165 Å². The van der Waals surface area contributed by atoms with E-state index in [4.69, 9.17) is 18.9 Å². The summed E-state index contributed by atoms with van der Waals surface area (Å²) in [5.74, 6) is -1.07. The van der Waals surface area contributed by atoms with Crippen molar-refractivity contribution in [2.45, 2.75) is 135 Å². The fourth-order valence-corrected chi connectivity index (χ4v) is 7.17. The summed E-state index contributed by atoms with van der Waals surface area (Å²) in [7, 11) is 0. The van der Waals surface area contributed by atoms with Crippen LogP contribution in [0.2, 0.25) is 0 Å². The van der Waals surface area contributed by atoms with E-state index in [0.29, 0.717) is 51.5 Å². The molecule has 2 fully saturated rings. The van der Waals surface area contributed by atoms with Crippen LogP contribution in [-0.2, 0) is 41.7 Å². The van der Waals surface area contributed by atoms with Crippen LogP contribution in [-0.4, -0.2) is 101 Å².